The molecule has 0 radical (unpaired) electrons. The van der Waals surface area contributed by atoms with E-state index < -0.39 is 5.91 Å². The van der Waals surface area contributed by atoms with E-state index in [-0.39, 0.29) is 5.69 Å². The quantitative estimate of drug-likeness (QED) is 0.795. The van der Waals surface area contributed by atoms with Gasteiger partial charge in [-0.1, -0.05) is 28.9 Å². The van der Waals surface area contributed by atoms with Crippen LogP contribution in [0.1, 0.15) is 10.5 Å². The third-order valence-corrected chi connectivity index (χ3v) is 3.36. The van der Waals surface area contributed by atoms with Gasteiger partial charge < -0.3 is 10.1 Å². The highest BCUT2D eigenvalue weighted by Gasteiger charge is 2.15. The van der Waals surface area contributed by atoms with E-state index in [2.05, 4.69) is 20.6 Å². The van der Waals surface area contributed by atoms with E-state index in [0.717, 1.165) is 0 Å². The number of hydrogen-bond acceptors (Lipinski definition) is 5. The molecule has 1 amide bonds. The highest BCUT2D eigenvalue weighted by molar-refractivity contribution is 6.32. The molecule has 3 aromatic rings. The van der Waals surface area contributed by atoms with Crippen molar-refractivity contribution in [2.24, 2.45) is 0 Å². The summed E-state index contributed by atoms with van der Waals surface area (Å²) in [4.78, 5) is 16.3. The molecule has 8 heteroatoms. The number of carbonyl (C=O) groups excluding carboxylic acids is 1. The van der Waals surface area contributed by atoms with Crippen LogP contribution < -0.4 is 10.1 Å². The van der Waals surface area contributed by atoms with Crippen LogP contribution in [0.5, 0.6) is 5.88 Å². The lowest BCUT2D eigenvalue weighted by atomic mass is 10.3. The van der Waals surface area contributed by atoms with Gasteiger partial charge in [0.1, 0.15) is 5.69 Å². The second kappa shape index (κ2) is 6.45. The van der Waals surface area contributed by atoms with Crippen molar-refractivity contribution in [3.63, 3.8) is 0 Å². The number of carbonyl (C=O) groups is 1. The van der Waals surface area contributed by atoms with E-state index in [4.69, 9.17) is 16.3 Å². The Labute approximate surface area is 136 Å². The topological polar surface area (TPSA) is 81.9 Å². The SMILES string of the molecule is COc1ncccc1NC(=O)c1cn(-c2ccccc2Cl)nn1. The Hall–Kier alpha value is -2.93. The van der Waals surface area contributed by atoms with Gasteiger partial charge in [-0.25, -0.2) is 9.67 Å². The fourth-order valence-electron chi connectivity index (χ4n) is 1.96. The Kier molecular flexibility index (Phi) is 4.20. The number of pyridine rings is 1. The van der Waals surface area contributed by atoms with Crippen molar-refractivity contribution in [2.75, 3.05) is 12.4 Å². The Bertz CT molecular complexity index is 849. The summed E-state index contributed by atoms with van der Waals surface area (Å²) in [5, 5.41) is 11.0. The molecule has 0 atom stereocenters. The molecule has 7 nitrogen and oxygen atoms in total. The average Bonchev–Trinajstić information content (AvgIpc) is 3.05. The minimum absolute atomic E-state index is 0.149. The minimum Gasteiger partial charge on any atom is -0.480 e. The van der Waals surface area contributed by atoms with Crippen LogP contribution in [-0.4, -0.2) is 33.0 Å². The van der Waals surface area contributed by atoms with Gasteiger partial charge in [0.05, 0.1) is 24.0 Å². The molecule has 116 valence electrons. The fraction of sp³-hybridized carbons (Fsp3) is 0.0667. The van der Waals surface area contributed by atoms with Crippen molar-refractivity contribution in [3.05, 3.63) is 59.5 Å². The van der Waals surface area contributed by atoms with Gasteiger partial charge in [-0.2, -0.15) is 0 Å². The van der Waals surface area contributed by atoms with E-state index in [1.165, 1.54) is 18.0 Å². The molecule has 0 aliphatic rings. The molecule has 0 spiro atoms. The Morgan fingerprint density at radius 1 is 1.26 bits per heavy atom. The van der Waals surface area contributed by atoms with Gasteiger partial charge in [0.15, 0.2) is 5.69 Å². The first-order valence-corrected chi connectivity index (χ1v) is 7.04. The largest absolute Gasteiger partial charge is 0.480 e. The zero-order valence-corrected chi connectivity index (χ0v) is 12.9. The van der Waals surface area contributed by atoms with Crippen molar-refractivity contribution in [1.29, 1.82) is 0 Å². The van der Waals surface area contributed by atoms with Crippen LogP contribution in [0.4, 0.5) is 5.69 Å². The van der Waals surface area contributed by atoms with Crippen LogP contribution >= 0.6 is 11.6 Å². The van der Waals surface area contributed by atoms with Gasteiger partial charge in [-0.05, 0) is 24.3 Å². The molecule has 23 heavy (non-hydrogen) atoms. The number of methoxy groups -OCH3 is 1. The summed E-state index contributed by atoms with van der Waals surface area (Å²) in [6, 6.07) is 10.5. The van der Waals surface area contributed by atoms with Crippen molar-refractivity contribution in [2.45, 2.75) is 0 Å². The molecule has 2 heterocycles. The van der Waals surface area contributed by atoms with Crippen molar-refractivity contribution >= 4 is 23.2 Å². The summed E-state index contributed by atoms with van der Waals surface area (Å²) in [5.41, 5.74) is 1.24. The highest BCUT2D eigenvalue weighted by Crippen LogP contribution is 2.21. The number of nitrogens with zero attached hydrogens (tertiary/aromatic N) is 4. The summed E-state index contributed by atoms with van der Waals surface area (Å²) < 4.78 is 6.53. The summed E-state index contributed by atoms with van der Waals surface area (Å²) >= 11 is 6.10. The zero-order valence-electron chi connectivity index (χ0n) is 12.1. The fourth-order valence-corrected chi connectivity index (χ4v) is 2.18. The average molecular weight is 330 g/mol. The number of hydrogen-bond donors (Lipinski definition) is 1. The van der Waals surface area contributed by atoms with Crippen molar-refractivity contribution < 1.29 is 9.53 Å². The third-order valence-electron chi connectivity index (χ3n) is 3.04. The normalized spacial score (nSPS) is 10.3. The Morgan fingerprint density at radius 3 is 2.87 bits per heavy atom. The summed E-state index contributed by atoms with van der Waals surface area (Å²) in [5.74, 6) is -0.103. The van der Waals surface area contributed by atoms with Gasteiger partial charge in [0, 0.05) is 6.20 Å². The lowest BCUT2D eigenvalue weighted by Gasteiger charge is -2.06. The second-order valence-corrected chi connectivity index (χ2v) is 4.92. The molecule has 1 N–H and O–H groups in total. The van der Waals surface area contributed by atoms with Gasteiger partial charge in [0.2, 0.25) is 5.88 Å². The number of amides is 1. The molecule has 0 aliphatic carbocycles. The van der Waals surface area contributed by atoms with Gasteiger partial charge in [-0.15, -0.1) is 5.10 Å². The van der Waals surface area contributed by atoms with Gasteiger partial charge in [-0.3, -0.25) is 4.79 Å². The highest BCUT2D eigenvalue weighted by atomic mass is 35.5. The van der Waals surface area contributed by atoms with Crippen LogP contribution in [0.15, 0.2) is 48.8 Å². The van der Waals surface area contributed by atoms with E-state index in [1.807, 2.05) is 12.1 Å². The number of halogens is 1. The standard InChI is InChI=1S/C15H12ClN5O2/c1-23-15-11(6-4-8-17-15)18-14(22)12-9-21(20-19-12)13-7-3-2-5-10(13)16/h2-9H,1H3,(H,18,22). The molecule has 2 aromatic heterocycles. The van der Waals surface area contributed by atoms with Crippen LogP contribution in [0.25, 0.3) is 5.69 Å². The summed E-state index contributed by atoms with van der Waals surface area (Å²) in [7, 11) is 1.48. The molecule has 1 aromatic carbocycles. The number of para-hydroxylation sites is 1. The van der Waals surface area contributed by atoms with Crippen LogP contribution in [0.3, 0.4) is 0 Å². The second-order valence-electron chi connectivity index (χ2n) is 4.51. The van der Waals surface area contributed by atoms with Crippen molar-refractivity contribution in [1.82, 2.24) is 20.0 Å². The maximum atomic E-state index is 12.3. The monoisotopic (exact) mass is 329 g/mol. The summed E-state index contributed by atoms with van der Waals surface area (Å²) in [6.07, 6.45) is 3.07. The van der Waals surface area contributed by atoms with Crippen LogP contribution in [0, 0.1) is 0 Å². The molecule has 0 bridgehead atoms. The first-order chi connectivity index (χ1) is 11.2. The minimum atomic E-state index is -0.422. The van der Waals surface area contributed by atoms with Crippen molar-refractivity contribution in [3.8, 4) is 11.6 Å². The number of ether oxygens (including phenoxy) is 1. The van der Waals surface area contributed by atoms with E-state index in [9.17, 15) is 4.79 Å². The van der Waals surface area contributed by atoms with Gasteiger partial charge >= 0.3 is 0 Å². The number of aromatic nitrogens is 4. The predicted octanol–water partition coefficient (Wildman–Crippen LogP) is 2.58. The molecule has 0 unspecified atom stereocenters. The summed E-state index contributed by atoms with van der Waals surface area (Å²) in [6.45, 7) is 0. The Balaban J connectivity index is 1.83. The number of nitrogens with one attached hydrogen (secondary N) is 1. The Morgan fingerprint density at radius 2 is 2.09 bits per heavy atom. The molecule has 3 rings (SSSR count). The third kappa shape index (κ3) is 3.14. The number of anilines is 1. The van der Waals surface area contributed by atoms with Gasteiger partial charge in [0.25, 0.3) is 5.91 Å². The maximum Gasteiger partial charge on any atom is 0.278 e. The molecular weight excluding hydrogens is 318 g/mol. The first kappa shape index (κ1) is 15.0. The molecule has 0 saturated heterocycles. The predicted molar refractivity (Wildman–Crippen MR) is 85.1 cm³/mol. The van der Waals surface area contributed by atoms with E-state index >= 15 is 0 Å². The molecule has 0 saturated carbocycles. The van der Waals surface area contributed by atoms with E-state index in [1.54, 1.807) is 30.5 Å². The molecule has 0 fully saturated rings. The van der Waals surface area contributed by atoms with Crippen LogP contribution in [-0.2, 0) is 0 Å². The molecule has 0 aliphatic heterocycles. The number of benzene rings is 1. The van der Waals surface area contributed by atoms with E-state index in [0.29, 0.717) is 22.3 Å². The smallest absolute Gasteiger partial charge is 0.278 e. The lowest BCUT2D eigenvalue weighted by molar-refractivity contribution is 0.102. The van der Waals surface area contributed by atoms with Crippen LogP contribution in [0.2, 0.25) is 5.02 Å². The number of rotatable bonds is 4. The first-order valence-electron chi connectivity index (χ1n) is 6.66. The zero-order chi connectivity index (χ0) is 16.2. The molecular formula is C15H12ClN5O2. The lowest BCUT2D eigenvalue weighted by Crippen LogP contribution is -2.13. The maximum absolute atomic E-state index is 12.3.